The molecule has 1 unspecified atom stereocenters. The molecule has 0 saturated heterocycles. The van der Waals surface area contributed by atoms with Crippen LogP contribution in [0.15, 0.2) is 18.2 Å². The van der Waals surface area contributed by atoms with Gasteiger partial charge in [0.1, 0.15) is 0 Å². The van der Waals surface area contributed by atoms with Crippen molar-refractivity contribution in [2.24, 2.45) is 5.92 Å². The summed E-state index contributed by atoms with van der Waals surface area (Å²) in [5.74, 6) is 1.01. The lowest BCUT2D eigenvalue weighted by molar-refractivity contribution is 0.0546. The van der Waals surface area contributed by atoms with Crippen LogP contribution in [0, 0.1) is 5.92 Å². The molecule has 1 heterocycles. The lowest BCUT2D eigenvalue weighted by atomic mass is 9.87. The first-order valence-corrected chi connectivity index (χ1v) is 7.06. The van der Waals surface area contributed by atoms with Crippen molar-refractivity contribution in [2.45, 2.75) is 51.2 Å². The smallest absolute Gasteiger partial charge is 0.0625 e. The minimum atomic E-state index is -0.536. The Morgan fingerprint density at radius 3 is 2.67 bits per heavy atom. The third-order valence-electron chi connectivity index (χ3n) is 4.64. The van der Waals surface area contributed by atoms with Crippen molar-refractivity contribution in [3.05, 3.63) is 34.9 Å². The van der Waals surface area contributed by atoms with Crippen LogP contribution in [0.1, 0.15) is 55.8 Å². The number of hydrogen-bond acceptors (Lipinski definition) is 2. The van der Waals surface area contributed by atoms with Crippen LogP contribution in [0.25, 0.3) is 0 Å². The molecule has 0 spiro atoms. The van der Waals surface area contributed by atoms with E-state index in [1.165, 1.54) is 11.1 Å². The SMILES string of the molecule is CC1NCCc2c1cccc2[C@@H]1C[C@H]1C(C)(C)O. The highest BCUT2D eigenvalue weighted by atomic mass is 16.3. The molecule has 1 aliphatic heterocycles. The van der Waals surface area contributed by atoms with Gasteiger partial charge in [0.25, 0.3) is 0 Å². The van der Waals surface area contributed by atoms with Crippen molar-refractivity contribution < 1.29 is 5.11 Å². The second kappa shape index (κ2) is 4.07. The summed E-state index contributed by atoms with van der Waals surface area (Å²) in [7, 11) is 0. The van der Waals surface area contributed by atoms with E-state index < -0.39 is 5.60 Å². The normalized spacial score (nSPS) is 31.0. The number of nitrogens with one attached hydrogen (secondary N) is 1. The third kappa shape index (κ3) is 1.98. The van der Waals surface area contributed by atoms with Crippen LogP contribution in [0.3, 0.4) is 0 Å². The minimum Gasteiger partial charge on any atom is -0.390 e. The third-order valence-corrected chi connectivity index (χ3v) is 4.64. The molecule has 0 amide bonds. The molecule has 2 N–H and O–H groups in total. The summed E-state index contributed by atoms with van der Waals surface area (Å²) < 4.78 is 0. The maximum absolute atomic E-state index is 10.1. The van der Waals surface area contributed by atoms with Gasteiger partial charge in [-0.15, -0.1) is 0 Å². The van der Waals surface area contributed by atoms with E-state index in [1.54, 1.807) is 5.56 Å². The number of hydrogen-bond donors (Lipinski definition) is 2. The fourth-order valence-electron chi connectivity index (χ4n) is 3.51. The van der Waals surface area contributed by atoms with Crippen LogP contribution < -0.4 is 5.32 Å². The Morgan fingerprint density at radius 1 is 1.28 bits per heavy atom. The number of aliphatic hydroxyl groups is 1. The van der Waals surface area contributed by atoms with E-state index in [-0.39, 0.29) is 0 Å². The zero-order valence-electron chi connectivity index (χ0n) is 11.5. The Morgan fingerprint density at radius 2 is 2.00 bits per heavy atom. The zero-order chi connectivity index (χ0) is 12.9. The van der Waals surface area contributed by atoms with Gasteiger partial charge in [0.05, 0.1) is 5.60 Å². The van der Waals surface area contributed by atoms with Crippen LogP contribution in [0.2, 0.25) is 0 Å². The molecule has 1 saturated carbocycles. The summed E-state index contributed by atoms with van der Waals surface area (Å²) >= 11 is 0. The Balaban J connectivity index is 1.93. The van der Waals surface area contributed by atoms with Crippen molar-refractivity contribution in [3.63, 3.8) is 0 Å². The molecular weight excluding hydrogens is 222 g/mol. The van der Waals surface area contributed by atoms with E-state index in [0.717, 1.165) is 19.4 Å². The van der Waals surface area contributed by atoms with E-state index in [0.29, 0.717) is 17.9 Å². The lowest BCUT2D eigenvalue weighted by Gasteiger charge is -2.27. The molecule has 1 fully saturated rings. The van der Waals surface area contributed by atoms with Gasteiger partial charge in [-0.25, -0.2) is 0 Å². The van der Waals surface area contributed by atoms with Gasteiger partial charge in [-0.1, -0.05) is 18.2 Å². The van der Waals surface area contributed by atoms with Gasteiger partial charge < -0.3 is 10.4 Å². The molecule has 18 heavy (non-hydrogen) atoms. The van der Waals surface area contributed by atoms with Gasteiger partial charge >= 0.3 is 0 Å². The standard InChI is InChI=1S/C16H23NO/c1-10-11-5-4-6-12(13(11)7-8-17-10)14-9-15(14)16(2,3)18/h4-6,10,14-15,17-18H,7-9H2,1-3H3/t10?,14-,15+/m0/s1. The molecule has 98 valence electrons. The predicted octanol–water partition coefficient (Wildman–Crippen LogP) is 2.77. The quantitative estimate of drug-likeness (QED) is 0.839. The van der Waals surface area contributed by atoms with Crippen LogP contribution in [0.4, 0.5) is 0 Å². The maximum atomic E-state index is 10.1. The highest BCUT2D eigenvalue weighted by Crippen LogP contribution is 2.54. The van der Waals surface area contributed by atoms with Gasteiger partial charge in [0.15, 0.2) is 0 Å². The predicted molar refractivity (Wildman–Crippen MR) is 73.7 cm³/mol. The zero-order valence-corrected chi connectivity index (χ0v) is 11.5. The molecule has 2 aliphatic rings. The molecule has 2 nitrogen and oxygen atoms in total. The average molecular weight is 245 g/mol. The molecule has 1 aromatic carbocycles. The summed E-state index contributed by atoms with van der Waals surface area (Å²) in [5.41, 5.74) is 3.96. The van der Waals surface area contributed by atoms with E-state index >= 15 is 0 Å². The summed E-state index contributed by atoms with van der Waals surface area (Å²) in [6.45, 7) is 7.20. The fourth-order valence-corrected chi connectivity index (χ4v) is 3.51. The Hall–Kier alpha value is -0.860. The molecule has 0 radical (unpaired) electrons. The Labute approximate surface area is 109 Å². The molecule has 1 aliphatic carbocycles. The first-order valence-electron chi connectivity index (χ1n) is 7.06. The first-order chi connectivity index (χ1) is 8.48. The van der Waals surface area contributed by atoms with Crippen LogP contribution in [0.5, 0.6) is 0 Å². The molecular formula is C16H23NO. The maximum Gasteiger partial charge on any atom is 0.0625 e. The fraction of sp³-hybridized carbons (Fsp3) is 0.625. The largest absolute Gasteiger partial charge is 0.390 e. The highest BCUT2D eigenvalue weighted by molar-refractivity contribution is 5.43. The van der Waals surface area contributed by atoms with Gasteiger partial charge in [-0.2, -0.15) is 0 Å². The van der Waals surface area contributed by atoms with E-state index in [9.17, 15) is 5.11 Å². The average Bonchev–Trinajstić information content (AvgIpc) is 3.08. The second-order valence-electron chi connectivity index (χ2n) is 6.44. The number of fused-ring (bicyclic) bond motifs is 1. The van der Waals surface area contributed by atoms with E-state index in [2.05, 4.69) is 30.4 Å². The first kappa shape index (κ1) is 12.2. The van der Waals surface area contributed by atoms with Crippen molar-refractivity contribution in [2.75, 3.05) is 6.54 Å². The van der Waals surface area contributed by atoms with Crippen LogP contribution in [-0.4, -0.2) is 17.3 Å². The van der Waals surface area contributed by atoms with Gasteiger partial charge in [-0.3, -0.25) is 0 Å². The van der Waals surface area contributed by atoms with E-state index in [1.807, 2.05) is 13.8 Å². The van der Waals surface area contributed by atoms with Crippen molar-refractivity contribution >= 4 is 0 Å². The van der Waals surface area contributed by atoms with Crippen LogP contribution in [-0.2, 0) is 6.42 Å². The number of benzene rings is 1. The number of rotatable bonds is 2. The Kier molecular flexibility index (Phi) is 2.76. The molecule has 1 aromatic rings. The van der Waals surface area contributed by atoms with Crippen molar-refractivity contribution in [1.29, 1.82) is 0 Å². The summed E-state index contributed by atoms with van der Waals surface area (Å²) in [6, 6.07) is 7.16. The molecule has 0 aromatic heterocycles. The van der Waals surface area contributed by atoms with Crippen LogP contribution >= 0.6 is 0 Å². The van der Waals surface area contributed by atoms with Crippen molar-refractivity contribution in [3.8, 4) is 0 Å². The monoisotopic (exact) mass is 245 g/mol. The van der Waals surface area contributed by atoms with Gasteiger partial charge in [0.2, 0.25) is 0 Å². The van der Waals surface area contributed by atoms with Gasteiger partial charge in [0, 0.05) is 6.04 Å². The Bertz CT molecular complexity index is 461. The molecule has 2 heteroatoms. The molecule has 3 rings (SSSR count). The molecule has 0 bridgehead atoms. The topological polar surface area (TPSA) is 32.3 Å². The lowest BCUT2D eigenvalue weighted by Crippen LogP contribution is -2.29. The van der Waals surface area contributed by atoms with Crippen molar-refractivity contribution in [1.82, 2.24) is 5.32 Å². The summed E-state index contributed by atoms with van der Waals surface area (Å²) in [4.78, 5) is 0. The summed E-state index contributed by atoms with van der Waals surface area (Å²) in [6.07, 6.45) is 2.27. The summed E-state index contributed by atoms with van der Waals surface area (Å²) in [5, 5.41) is 13.6. The second-order valence-corrected chi connectivity index (χ2v) is 6.44. The minimum absolute atomic E-state index is 0.439. The van der Waals surface area contributed by atoms with E-state index in [4.69, 9.17) is 0 Å². The highest BCUT2D eigenvalue weighted by Gasteiger charge is 2.48. The van der Waals surface area contributed by atoms with Gasteiger partial charge in [-0.05, 0) is 68.7 Å². The molecule has 3 atom stereocenters.